The Bertz CT molecular complexity index is 419. The van der Waals surface area contributed by atoms with Crippen molar-refractivity contribution in [1.29, 1.82) is 0 Å². The minimum absolute atomic E-state index is 0. The van der Waals surface area contributed by atoms with Gasteiger partial charge >= 0.3 is 0 Å². The molecule has 0 radical (unpaired) electrons. The fraction of sp³-hybridized carbons (Fsp3) is 0.500. The lowest BCUT2D eigenvalue weighted by Gasteiger charge is -2.35. The maximum Gasteiger partial charge on any atom is 0.128 e. The van der Waals surface area contributed by atoms with Crippen LogP contribution in [0.4, 0.5) is 5.82 Å². The van der Waals surface area contributed by atoms with Gasteiger partial charge in [0, 0.05) is 44.0 Å². The molecule has 4 nitrogen and oxygen atoms in total. The molecule has 0 amide bonds. The number of aromatic nitrogens is 1. The van der Waals surface area contributed by atoms with Gasteiger partial charge in [0.2, 0.25) is 0 Å². The molecular formula is C14H24Cl2N4. The molecule has 1 fully saturated rings. The van der Waals surface area contributed by atoms with Gasteiger partial charge in [-0.2, -0.15) is 0 Å². The Kier molecular flexibility index (Phi) is 8.81. The molecule has 1 aromatic rings. The minimum Gasteiger partial charge on any atom is -0.383 e. The lowest BCUT2D eigenvalue weighted by atomic mass is 9.98. The normalized spacial score (nSPS) is 16.6. The number of pyridine rings is 1. The maximum absolute atomic E-state index is 6.02. The maximum atomic E-state index is 6.02. The van der Waals surface area contributed by atoms with Crippen LogP contribution in [0.3, 0.4) is 0 Å². The van der Waals surface area contributed by atoms with E-state index in [0.29, 0.717) is 11.9 Å². The molecule has 3 N–H and O–H groups in total. The highest BCUT2D eigenvalue weighted by Crippen LogP contribution is 2.30. The van der Waals surface area contributed by atoms with E-state index in [9.17, 15) is 0 Å². The first kappa shape index (κ1) is 19.2. The summed E-state index contributed by atoms with van der Waals surface area (Å²) in [6.07, 6.45) is 2.68. The number of anilines is 1. The van der Waals surface area contributed by atoms with Gasteiger partial charge in [0.1, 0.15) is 5.82 Å². The van der Waals surface area contributed by atoms with Crippen molar-refractivity contribution in [3.63, 3.8) is 0 Å². The Morgan fingerprint density at radius 3 is 2.65 bits per heavy atom. The Labute approximate surface area is 133 Å². The molecule has 1 aliphatic heterocycles. The first-order valence-electron chi connectivity index (χ1n) is 6.48. The third-order valence-electron chi connectivity index (χ3n) is 3.36. The molecule has 6 heteroatoms. The highest BCUT2D eigenvalue weighted by atomic mass is 35.5. The third-order valence-corrected chi connectivity index (χ3v) is 3.36. The van der Waals surface area contributed by atoms with Crippen LogP contribution in [0.2, 0.25) is 0 Å². The first-order valence-corrected chi connectivity index (χ1v) is 6.48. The number of nitrogens with two attached hydrogens (primary N) is 1. The summed E-state index contributed by atoms with van der Waals surface area (Å²) >= 11 is 0. The largest absolute Gasteiger partial charge is 0.383 e. The SMILES string of the molecule is C=C(C)C[C@H](c1cccnc1N)N1CCNCC1.Cl.Cl. The minimum atomic E-state index is 0. The van der Waals surface area contributed by atoms with Crippen LogP contribution in [0.15, 0.2) is 30.5 Å². The van der Waals surface area contributed by atoms with E-state index in [-0.39, 0.29) is 24.8 Å². The van der Waals surface area contributed by atoms with Gasteiger partial charge in [-0.15, -0.1) is 31.4 Å². The molecule has 1 atom stereocenters. The Morgan fingerprint density at radius 1 is 1.45 bits per heavy atom. The first-order chi connectivity index (χ1) is 8.68. The Balaban J connectivity index is 0.00000180. The Morgan fingerprint density at radius 2 is 2.10 bits per heavy atom. The lowest BCUT2D eigenvalue weighted by Crippen LogP contribution is -2.45. The topological polar surface area (TPSA) is 54.2 Å². The molecule has 2 rings (SSSR count). The lowest BCUT2D eigenvalue weighted by molar-refractivity contribution is 0.172. The van der Waals surface area contributed by atoms with Crippen LogP contribution in [0.25, 0.3) is 0 Å². The summed E-state index contributed by atoms with van der Waals surface area (Å²) < 4.78 is 0. The summed E-state index contributed by atoms with van der Waals surface area (Å²) in [6.45, 7) is 10.3. The van der Waals surface area contributed by atoms with E-state index in [0.717, 1.165) is 38.2 Å². The van der Waals surface area contributed by atoms with Crippen LogP contribution in [0, 0.1) is 0 Å². The molecule has 2 heterocycles. The molecule has 0 unspecified atom stereocenters. The van der Waals surface area contributed by atoms with Crippen LogP contribution in [-0.4, -0.2) is 36.1 Å². The van der Waals surface area contributed by atoms with E-state index in [1.54, 1.807) is 6.20 Å². The summed E-state index contributed by atoms with van der Waals surface area (Å²) in [6, 6.07) is 4.34. The van der Waals surface area contributed by atoms with Gasteiger partial charge in [-0.25, -0.2) is 4.98 Å². The molecular weight excluding hydrogens is 295 g/mol. The molecule has 0 bridgehead atoms. The van der Waals surface area contributed by atoms with Crippen molar-refractivity contribution in [3.8, 4) is 0 Å². The van der Waals surface area contributed by atoms with Gasteiger partial charge in [0.15, 0.2) is 0 Å². The summed E-state index contributed by atoms with van der Waals surface area (Å²) in [5, 5.41) is 3.38. The van der Waals surface area contributed by atoms with Crippen molar-refractivity contribution in [3.05, 3.63) is 36.0 Å². The second-order valence-electron chi connectivity index (χ2n) is 4.94. The van der Waals surface area contributed by atoms with E-state index in [1.807, 2.05) is 6.07 Å². The van der Waals surface area contributed by atoms with Gasteiger partial charge in [0.05, 0.1) is 0 Å². The quantitative estimate of drug-likeness (QED) is 0.837. The molecule has 0 aliphatic carbocycles. The van der Waals surface area contributed by atoms with Crippen molar-refractivity contribution in [2.75, 3.05) is 31.9 Å². The van der Waals surface area contributed by atoms with Crippen LogP contribution >= 0.6 is 24.8 Å². The van der Waals surface area contributed by atoms with Gasteiger partial charge in [-0.1, -0.05) is 11.6 Å². The number of hydrogen-bond acceptors (Lipinski definition) is 4. The van der Waals surface area contributed by atoms with Crippen LogP contribution in [-0.2, 0) is 0 Å². The molecule has 1 aromatic heterocycles. The van der Waals surface area contributed by atoms with Gasteiger partial charge < -0.3 is 11.1 Å². The number of piperazine rings is 1. The average molecular weight is 319 g/mol. The predicted molar refractivity (Wildman–Crippen MR) is 89.8 cm³/mol. The van der Waals surface area contributed by atoms with Crippen LogP contribution in [0.5, 0.6) is 0 Å². The van der Waals surface area contributed by atoms with E-state index >= 15 is 0 Å². The Hall–Kier alpha value is -0.810. The predicted octanol–water partition coefficient (Wildman–Crippen LogP) is 2.42. The van der Waals surface area contributed by atoms with Crippen molar-refractivity contribution in [2.24, 2.45) is 0 Å². The highest BCUT2D eigenvalue weighted by molar-refractivity contribution is 5.85. The van der Waals surface area contributed by atoms with Crippen molar-refractivity contribution in [1.82, 2.24) is 15.2 Å². The molecule has 1 saturated heterocycles. The molecule has 0 saturated carbocycles. The zero-order valence-corrected chi connectivity index (χ0v) is 13.5. The molecule has 114 valence electrons. The van der Waals surface area contributed by atoms with Gasteiger partial charge in [0.25, 0.3) is 0 Å². The second-order valence-corrected chi connectivity index (χ2v) is 4.94. The average Bonchev–Trinajstić information content (AvgIpc) is 2.38. The van der Waals surface area contributed by atoms with E-state index in [1.165, 1.54) is 5.57 Å². The number of hydrogen-bond donors (Lipinski definition) is 2. The van der Waals surface area contributed by atoms with Crippen molar-refractivity contribution >= 4 is 30.6 Å². The number of halogens is 2. The van der Waals surface area contributed by atoms with E-state index in [4.69, 9.17) is 5.73 Å². The third kappa shape index (κ3) is 4.94. The number of nitrogens with zero attached hydrogens (tertiary/aromatic N) is 2. The smallest absolute Gasteiger partial charge is 0.128 e. The zero-order chi connectivity index (χ0) is 13.0. The number of rotatable bonds is 4. The van der Waals surface area contributed by atoms with Crippen LogP contribution in [0.1, 0.15) is 24.9 Å². The van der Waals surface area contributed by atoms with Gasteiger partial charge in [-0.05, 0) is 19.4 Å². The summed E-state index contributed by atoms with van der Waals surface area (Å²) in [4.78, 5) is 6.68. The fourth-order valence-corrected chi connectivity index (χ4v) is 2.47. The monoisotopic (exact) mass is 318 g/mol. The van der Waals surface area contributed by atoms with Crippen LogP contribution < -0.4 is 11.1 Å². The molecule has 0 spiro atoms. The van der Waals surface area contributed by atoms with E-state index in [2.05, 4.69) is 34.8 Å². The van der Waals surface area contributed by atoms with Crippen molar-refractivity contribution < 1.29 is 0 Å². The molecule has 1 aliphatic rings. The number of nitrogens with one attached hydrogen (secondary N) is 1. The highest BCUT2D eigenvalue weighted by Gasteiger charge is 2.23. The molecule has 20 heavy (non-hydrogen) atoms. The van der Waals surface area contributed by atoms with Crippen molar-refractivity contribution in [2.45, 2.75) is 19.4 Å². The molecule has 0 aromatic carbocycles. The summed E-state index contributed by atoms with van der Waals surface area (Å²) in [5.41, 5.74) is 8.33. The summed E-state index contributed by atoms with van der Waals surface area (Å²) in [7, 11) is 0. The zero-order valence-electron chi connectivity index (χ0n) is 11.8. The number of nitrogen functional groups attached to an aromatic ring is 1. The van der Waals surface area contributed by atoms with E-state index < -0.39 is 0 Å². The second kappa shape index (κ2) is 9.19. The van der Waals surface area contributed by atoms with Gasteiger partial charge in [-0.3, -0.25) is 4.90 Å². The fourth-order valence-electron chi connectivity index (χ4n) is 2.47. The summed E-state index contributed by atoms with van der Waals surface area (Å²) in [5.74, 6) is 0.641. The standard InChI is InChI=1S/C14H22N4.2ClH/c1-11(2)10-13(18-8-6-16-7-9-18)12-4-3-5-17-14(12)15;;/h3-5,13,16H,1,6-10H2,2H3,(H2,15,17);2*1H/t13-;;/m1../s1.